The third-order valence-corrected chi connectivity index (χ3v) is 15.7. The minimum atomic E-state index is -0.932. The third-order valence-electron chi connectivity index (χ3n) is 11.4. The molecule has 93 heavy (non-hydrogen) atoms. The van der Waals surface area contributed by atoms with Gasteiger partial charge in [-0.15, -0.1) is 11.3 Å². The Balaban J connectivity index is 0.000000303. The van der Waals surface area contributed by atoms with E-state index < -0.39 is 40.1 Å². The van der Waals surface area contributed by atoms with Crippen molar-refractivity contribution in [3.63, 3.8) is 0 Å². The van der Waals surface area contributed by atoms with Crippen molar-refractivity contribution in [3.05, 3.63) is 208 Å². The van der Waals surface area contributed by atoms with Gasteiger partial charge in [-0.3, -0.25) is 19.2 Å². The zero-order valence-corrected chi connectivity index (χ0v) is 54.4. The van der Waals surface area contributed by atoms with E-state index in [9.17, 15) is 38.8 Å². The van der Waals surface area contributed by atoms with Gasteiger partial charge in [0.05, 0.1) is 45.1 Å². The van der Waals surface area contributed by atoms with E-state index in [1.54, 1.807) is 53.1 Å². The zero-order valence-electron chi connectivity index (χ0n) is 50.5. The first kappa shape index (κ1) is 77.6. The second kappa shape index (κ2) is 42.4. The third kappa shape index (κ3) is 25.5. The van der Waals surface area contributed by atoms with Crippen LogP contribution in [0.15, 0.2) is 200 Å². The fourth-order valence-corrected chi connectivity index (χ4v) is 11.5. The van der Waals surface area contributed by atoms with E-state index >= 15 is 0 Å². The lowest BCUT2D eigenvalue weighted by molar-refractivity contribution is -0.149. The lowest BCUT2D eigenvalue weighted by atomic mass is 9.92. The molecule has 6 aromatic carbocycles. The standard InChI is InChI=1S/C22H17NO4S.C13H8Cl2S.C13H8OS.C9H11NO4.C5H7NO3.C4H5NO2.C2H6O2/c1-14(2)21(24)26-11-12-27-22(25)17(13-23)20-15-7-3-5-9-18(15)28-19-10-6-4-8-16(19)20;14-13(15)9-5-1-3-7-11(9)16-12-8-4-2-6-10(12)13;14-13-9-5-1-3-7-11(9)15-12-8-4-2-6-10(12)13;1-7(2)9(12)14-6-5-13-8(11)3-4-10;6-2-1-5(8)9-4-3-7;1-7-4(6)2-3-5;3-1-2-4/h3-10H,1,11-12H2,2H3;1-8H;1-8H;1,3,5-6H2,2H3;7H,1,3-4H2;2H2,1H3;3-4H,1-2H2. The largest absolute Gasteiger partial charge is 0.468 e. The van der Waals surface area contributed by atoms with E-state index in [-0.39, 0.29) is 94.3 Å². The summed E-state index contributed by atoms with van der Waals surface area (Å²) in [5.41, 5.74) is 4.74. The maximum Gasteiger partial charge on any atom is 0.349 e. The SMILES string of the molecule is C=C(C)C(=O)OCCOC(=O)C(C#N)=C1c2ccccc2Sc2ccccc21.C=C(C)C(=O)OCCOC(=O)CC#N.COC(=O)CC#N.ClC1(Cl)c2ccccc2Sc2ccccc21.N#CCC(=O)OCCO.O=c1c2ccccc2sc2ccccc12.OCCO. The van der Waals surface area contributed by atoms with E-state index in [0.29, 0.717) is 5.57 Å². The fraction of sp³-hybridized carbons (Fsp3) is 0.221. The monoisotopic (exact) mass is 1360 g/mol. The van der Waals surface area contributed by atoms with Crippen LogP contribution in [0.25, 0.3) is 25.7 Å². The number of benzene rings is 6. The molecule has 0 saturated carbocycles. The van der Waals surface area contributed by atoms with E-state index in [2.05, 4.69) is 44.2 Å². The molecule has 20 nitrogen and oxygen atoms in total. The number of ether oxygens (including phenoxy) is 6. The highest BCUT2D eigenvalue weighted by molar-refractivity contribution is 7.99. The van der Waals surface area contributed by atoms with Crippen molar-refractivity contribution >= 4 is 120 Å². The van der Waals surface area contributed by atoms with Gasteiger partial charge in [-0.05, 0) is 73.5 Å². The number of carbonyl (C=O) groups excluding carboxylic acids is 6. The first-order valence-corrected chi connectivity index (χ1v) is 30.7. The molecule has 0 aliphatic carbocycles. The summed E-state index contributed by atoms with van der Waals surface area (Å²) in [6.07, 6.45) is -0.703. The number of carbonyl (C=O) groups is 6. The van der Waals surface area contributed by atoms with Crippen molar-refractivity contribution in [2.24, 2.45) is 0 Å². The van der Waals surface area contributed by atoms with Gasteiger partial charge in [-0.1, -0.05) is 157 Å². The molecule has 1 aromatic heterocycles. The van der Waals surface area contributed by atoms with Gasteiger partial charge in [-0.2, -0.15) is 21.0 Å². The number of hydrogen-bond donors (Lipinski definition) is 3. The van der Waals surface area contributed by atoms with Crippen molar-refractivity contribution in [1.82, 2.24) is 0 Å². The second-order valence-electron chi connectivity index (χ2n) is 18.2. The molecule has 0 unspecified atom stereocenters. The lowest BCUT2D eigenvalue weighted by Crippen LogP contribution is -2.17. The fourth-order valence-electron chi connectivity index (χ4n) is 7.31. The number of nitrogens with zero attached hydrogens (tertiary/aromatic N) is 4. The Kier molecular flexibility index (Phi) is 35.4. The normalized spacial score (nSPS) is 10.9. The van der Waals surface area contributed by atoms with Crippen LogP contribution >= 0.6 is 58.1 Å². The first-order valence-electron chi connectivity index (χ1n) is 27.5. The van der Waals surface area contributed by atoms with E-state index in [1.165, 1.54) is 21.0 Å². The number of alkyl halides is 2. The second-order valence-corrected chi connectivity index (χ2v) is 22.8. The van der Waals surface area contributed by atoms with Crippen LogP contribution in [0.1, 0.15) is 55.4 Å². The molecule has 0 amide bonds. The molecule has 0 bridgehead atoms. The Labute approximate surface area is 559 Å². The maximum absolute atomic E-state index is 12.6. The summed E-state index contributed by atoms with van der Waals surface area (Å²) in [4.78, 5) is 81.9. The van der Waals surface area contributed by atoms with Crippen molar-refractivity contribution < 1.29 is 72.5 Å². The summed E-state index contributed by atoms with van der Waals surface area (Å²) in [6, 6.07) is 53.6. The van der Waals surface area contributed by atoms with Crippen LogP contribution in [-0.2, 0) is 61.5 Å². The van der Waals surface area contributed by atoms with Crippen molar-refractivity contribution in [1.29, 1.82) is 21.0 Å². The number of fused-ring (bicyclic) bond motifs is 6. The molecule has 3 heterocycles. The average molecular weight is 1360 g/mol. The number of rotatable bonds is 15. The number of aliphatic hydroxyl groups excluding tert-OH is 3. The van der Waals surface area contributed by atoms with E-state index in [1.807, 2.05) is 140 Å². The van der Waals surface area contributed by atoms with Crippen LogP contribution in [-0.4, -0.2) is 111 Å². The lowest BCUT2D eigenvalue weighted by Gasteiger charge is -2.29. The Hall–Kier alpha value is -9.63. The van der Waals surface area contributed by atoms with Gasteiger partial charge < -0.3 is 43.7 Å². The van der Waals surface area contributed by atoms with Gasteiger partial charge in [0, 0.05) is 67.6 Å². The molecular weight excluding hydrogens is 1300 g/mol. The molecule has 2 aliphatic rings. The molecule has 482 valence electrons. The summed E-state index contributed by atoms with van der Waals surface area (Å²) in [7, 11) is 1.25. The maximum atomic E-state index is 12.6. The van der Waals surface area contributed by atoms with Crippen LogP contribution < -0.4 is 5.43 Å². The molecule has 0 saturated heterocycles. The highest BCUT2D eigenvalue weighted by Crippen LogP contribution is 2.53. The average Bonchev–Trinajstić information content (AvgIpc) is 0.785. The molecule has 0 fully saturated rings. The van der Waals surface area contributed by atoms with Gasteiger partial charge in [-0.25, -0.2) is 14.4 Å². The van der Waals surface area contributed by atoms with Crippen LogP contribution in [0.3, 0.4) is 0 Å². The number of methoxy groups -OCH3 is 1. The number of esters is 6. The van der Waals surface area contributed by atoms with Crippen LogP contribution in [0.5, 0.6) is 0 Å². The van der Waals surface area contributed by atoms with Gasteiger partial charge in [0.25, 0.3) is 0 Å². The van der Waals surface area contributed by atoms with Gasteiger partial charge in [0.1, 0.15) is 63.9 Å². The topological polar surface area (TPSA) is 331 Å². The number of aliphatic hydroxyl groups is 3. The molecule has 2 aliphatic heterocycles. The Morgan fingerprint density at radius 2 is 0.839 bits per heavy atom. The molecule has 9 rings (SSSR count). The number of hydrogen-bond acceptors (Lipinski definition) is 23. The minimum absolute atomic E-state index is 0.0249. The number of halogens is 2. The zero-order chi connectivity index (χ0) is 68.7. The smallest absolute Gasteiger partial charge is 0.349 e. The molecule has 7 aromatic rings. The van der Waals surface area contributed by atoms with Crippen molar-refractivity contribution in [2.75, 3.05) is 60.0 Å². The molecular formula is C68H62Cl2N4O16S3. The Morgan fingerprint density at radius 1 is 0.484 bits per heavy atom. The summed E-state index contributed by atoms with van der Waals surface area (Å²) < 4.78 is 28.9. The summed E-state index contributed by atoms with van der Waals surface area (Å²) in [6.45, 7) is 9.11. The minimum Gasteiger partial charge on any atom is -0.468 e. The van der Waals surface area contributed by atoms with Crippen LogP contribution in [0.4, 0.5) is 0 Å². The molecule has 0 radical (unpaired) electrons. The number of nitriles is 4. The quantitative estimate of drug-likeness (QED) is 0.0163. The Morgan fingerprint density at radius 3 is 1.23 bits per heavy atom. The summed E-state index contributed by atoms with van der Waals surface area (Å²) in [5.74, 6) is -3.53. The molecule has 3 N–H and O–H groups in total. The highest BCUT2D eigenvalue weighted by atomic mass is 35.5. The molecule has 0 spiro atoms. The molecule has 0 atom stereocenters. The molecule has 25 heteroatoms. The van der Waals surface area contributed by atoms with Gasteiger partial charge in [0.15, 0.2) is 9.76 Å². The predicted molar refractivity (Wildman–Crippen MR) is 352 cm³/mol. The van der Waals surface area contributed by atoms with Gasteiger partial charge >= 0.3 is 35.8 Å². The summed E-state index contributed by atoms with van der Waals surface area (Å²) >= 11 is 17.9. The summed E-state index contributed by atoms with van der Waals surface area (Å²) in [5, 5.41) is 58.6. The van der Waals surface area contributed by atoms with Crippen LogP contribution in [0.2, 0.25) is 0 Å². The highest BCUT2D eigenvalue weighted by Gasteiger charge is 2.37. The first-order chi connectivity index (χ1) is 44.7. The predicted octanol–water partition coefficient (Wildman–Crippen LogP) is 11.4. The van der Waals surface area contributed by atoms with Crippen molar-refractivity contribution in [2.45, 2.75) is 57.0 Å². The van der Waals surface area contributed by atoms with Crippen LogP contribution in [0, 0.1) is 45.3 Å². The Bertz CT molecular complexity index is 3880. The van der Waals surface area contributed by atoms with E-state index in [0.717, 1.165) is 62.0 Å². The van der Waals surface area contributed by atoms with Crippen molar-refractivity contribution in [3.8, 4) is 24.3 Å². The van der Waals surface area contributed by atoms with Gasteiger partial charge in [0.2, 0.25) is 0 Å². The van der Waals surface area contributed by atoms with E-state index in [4.69, 9.17) is 63.8 Å².